The van der Waals surface area contributed by atoms with Crippen molar-refractivity contribution in [1.29, 1.82) is 0 Å². The lowest BCUT2D eigenvalue weighted by molar-refractivity contribution is -0.173. The Balaban J connectivity index is 2.44. The van der Waals surface area contributed by atoms with Gasteiger partial charge in [0, 0.05) is 11.5 Å². The molecule has 0 aliphatic carbocycles. The first kappa shape index (κ1) is 20.4. The van der Waals surface area contributed by atoms with Crippen molar-refractivity contribution in [3.8, 4) is 0 Å². The smallest absolute Gasteiger partial charge is 0.387 e. The second kappa shape index (κ2) is 8.20. The number of carbonyl (C=O) groups excluding carboxylic acids is 1. The second-order valence-electron chi connectivity index (χ2n) is 5.61. The Labute approximate surface area is 157 Å². The number of hydrogen-bond donors (Lipinski definition) is 1. The lowest BCUT2D eigenvalue weighted by Crippen LogP contribution is -2.34. The minimum Gasteiger partial charge on any atom is -0.387 e. The summed E-state index contributed by atoms with van der Waals surface area (Å²) in [6.07, 6.45) is -5.74. The fourth-order valence-electron chi connectivity index (χ4n) is 2.48. The van der Waals surface area contributed by atoms with E-state index in [1.54, 1.807) is 24.3 Å². The van der Waals surface area contributed by atoms with E-state index in [-0.39, 0.29) is 5.56 Å². The van der Waals surface area contributed by atoms with Crippen molar-refractivity contribution < 1.29 is 27.9 Å². The molecule has 140 valence electrons. The summed E-state index contributed by atoms with van der Waals surface area (Å²) >= 11 is 3.28. The number of hydroxylamine groups is 2. The van der Waals surface area contributed by atoms with Crippen molar-refractivity contribution >= 4 is 21.8 Å². The van der Waals surface area contributed by atoms with Crippen LogP contribution in [-0.2, 0) is 15.8 Å². The largest absolute Gasteiger partial charge is 0.416 e. The SMILES string of the molecule is CON(C)C(=O)[C@@H](c1ccc(C(F)(F)F)cc1)[C@H](O)c1ccc(Br)cc1. The van der Waals surface area contributed by atoms with E-state index in [4.69, 9.17) is 4.84 Å². The molecule has 0 aliphatic rings. The molecular formula is C18H17BrF3NO3. The molecule has 26 heavy (non-hydrogen) atoms. The molecule has 4 nitrogen and oxygen atoms in total. The Morgan fingerprint density at radius 1 is 1.08 bits per heavy atom. The van der Waals surface area contributed by atoms with Crippen LogP contribution in [0, 0.1) is 0 Å². The first-order valence-electron chi connectivity index (χ1n) is 7.57. The van der Waals surface area contributed by atoms with Crippen LogP contribution < -0.4 is 0 Å². The number of rotatable bonds is 5. The van der Waals surface area contributed by atoms with Gasteiger partial charge in [-0.3, -0.25) is 9.63 Å². The predicted octanol–water partition coefficient (Wildman–Crippen LogP) is 4.30. The zero-order valence-electron chi connectivity index (χ0n) is 14.0. The van der Waals surface area contributed by atoms with Crippen LogP contribution in [0.3, 0.4) is 0 Å². The Bertz CT molecular complexity index is 748. The molecule has 0 unspecified atom stereocenters. The molecule has 8 heteroatoms. The van der Waals surface area contributed by atoms with Crippen LogP contribution in [0.4, 0.5) is 13.2 Å². The molecule has 2 aromatic carbocycles. The van der Waals surface area contributed by atoms with E-state index in [9.17, 15) is 23.1 Å². The van der Waals surface area contributed by atoms with Gasteiger partial charge in [0.25, 0.3) is 5.91 Å². The minimum absolute atomic E-state index is 0.252. The summed E-state index contributed by atoms with van der Waals surface area (Å²) in [6, 6.07) is 10.8. The van der Waals surface area contributed by atoms with Gasteiger partial charge in [0.1, 0.15) is 0 Å². The third-order valence-electron chi connectivity index (χ3n) is 3.97. The van der Waals surface area contributed by atoms with Gasteiger partial charge < -0.3 is 5.11 Å². The summed E-state index contributed by atoms with van der Waals surface area (Å²) in [7, 11) is 2.65. The van der Waals surface area contributed by atoms with Crippen molar-refractivity contribution in [2.75, 3.05) is 14.2 Å². The molecule has 0 saturated heterocycles. The van der Waals surface area contributed by atoms with Gasteiger partial charge in [0.2, 0.25) is 0 Å². The topological polar surface area (TPSA) is 49.8 Å². The zero-order valence-corrected chi connectivity index (χ0v) is 15.6. The molecule has 1 amide bonds. The summed E-state index contributed by atoms with van der Waals surface area (Å²) in [5.41, 5.74) is -0.121. The van der Waals surface area contributed by atoms with Crippen LogP contribution in [0.2, 0.25) is 0 Å². The molecule has 2 rings (SSSR count). The highest BCUT2D eigenvalue weighted by molar-refractivity contribution is 9.10. The van der Waals surface area contributed by atoms with Crippen LogP contribution in [0.15, 0.2) is 53.0 Å². The molecule has 0 radical (unpaired) electrons. The van der Waals surface area contributed by atoms with E-state index in [1.807, 2.05) is 0 Å². The van der Waals surface area contributed by atoms with Crippen LogP contribution in [-0.4, -0.2) is 30.2 Å². The quantitative estimate of drug-likeness (QED) is 0.717. The number of hydrogen-bond acceptors (Lipinski definition) is 3. The molecule has 0 heterocycles. The number of likely N-dealkylation sites (N-methyl/N-ethyl adjacent to an activating group) is 1. The summed E-state index contributed by atoms with van der Waals surface area (Å²) < 4.78 is 39.1. The standard InChI is InChI=1S/C18H17BrF3NO3/c1-23(26-2)17(25)15(16(24)12-5-9-14(19)10-6-12)11-3-7-13(8-4-11)18(20,21)22/h3-10,15-16,24H,1-2H3/t15-,16+/m0/s1. The zero-order chi connectivity index (χ0) is 19.5. The third-order valence-corrected chi connectivity index (χ3v) is 4.50. The average molecular weight is 432 g/mol. The van der Waals surface area contributed by atoms with Crippen molar-refractivity contribution in [3.05, 3.63) is 69.7 Å². The highest BCUT2D eigenvalue weighted by Crippen LogP contribution is 2.35. The van der Waals surface area contributed by atoms with Crippen LogP contribution >= 0.6 is 15.9 Å². The highest BCUT2D eigenvalue weighted by atomic mass is 79.9. The van der Waals surface area contributed by atoms with Crippen molar-refractivity contribution in [2.24, 2.45) is 0 Å². The highest BCUT2D eigenvalue weighted by Gasteiger charge is 2.34. The number of carbonyl (C=O) groups is 1. The molecule has 1 N–H and O–H groups in total. The van der Waals surface area contributed by atoms with Gasteiger partial charge in [-0.15, -0.1) is 0 Å². The van der Waals surface area contributed by atoms with Crippen molar-refractivity contribution in [1.82, 2.24) is 5.06 Å². The van der Waals surface area contributed by atoms with Crippen LogP contribution in [0.5, 0.6) is 0 Å². The molecule has 0 aliphatic heterocycles. The molecule has 0 aromatic heterocycles. The third kappa shape index (κ3) is 4.63. The monoisotopic (exact) mass is 431 g/mol. The molecular weight excluding hydrogens is 415 g/mol. The van der Waals surface area contributed by atoms with E-state index in [2.05, 4.69) is 15.9 Å². The Kier molecular flexibility index (Phi) is 6.44. The fourth-order valence-corrected chi connectivity index (χ4v) is 2.74. The van der Waals surface area contributed by atoms with E-state index < -0.39 is 29.7 Å². The number of aliphatic hydroxyl groups excluding tert-OH is 1. The molecule has 2 aromatic rings. The lowest BCUT2D eigenvalue weighted by atomic mass is 9.88. The Morgan fingerprint density at radius 2 is 1.58 bits per heavy atom. The van der Waals surface area contributed by atoms with E-state index in [0.717, 1.165) is 21.7 Å². The number of amides is 1. The maximum absolute atomic E-state index is 12.8. The van der Waals surface area contributed by atoms with Gasteiger partial charge in [-0.2, -0.15) is 13.2 Å². The van der Waals surface area contributed by atoms with E-state index in [1.165, 1.54) is 26.3 Å². The maximum atomic E-state index is 12.8. The molecule has 0 spiro atoms. The molecule has 0 bridgehead atoms. The number of halogens is 4. The van der Waals surface area contributed by atoms with Gasteiger partial charge in [0.15, 0.2) is 0 Å². The minimum atomic E-state index is -4.48. The van der Waals surface area contributed by atoms with Gasteiger partial charge in [-0.1, -0.05) is 40.2 Å². The number of alkyl halides is 3. The number of benzene rings is 2. The maximum Gasteiger partial charge on any atom is 0.416 e. The van der Waals surface area contributed by atoms with Gasteiger partial charge in [-0.25, -0.2) is 5.06 Å². The summed E-state index contributed by atoms with van der Waals surface area (Å²) in [5.74, 6) is -1.70. The lowest BCUT2D eigenvalue weighted by Gasteiger charge is -2.26. The average Bonchev–Trinajstić information content (AvgIpc) is 2.61. The molecule has 2 atom stereocenters. The first-order valence-corrected chi connectivity index (χ1v) is 8.36. The number of aliphatic hydroxyl groups is 1. The van der Waals surface area contributed by atoms with Crippen molar-refractivity contribution in [3.63, 3.8) is 0 Å². The second-order valence-corrected chi connectivity index (χ2v) is 6.53. The molecule has 0 saturated carbocycles. The van der Waals surface area contributed by atoms with Gasteiger partial charge >= 0.3 is 6.18 Å². The first-order chi connectivity index (χ1) is 12.1. The predicted molar refractivity (Wildman–Crippen MR) is 93.1 cm³/mol. The summed E-state index contributed by atoms with van der Waals surface area (Å²) in [6.45, 7) is 0. The van der Waals surface area contributed by atoms with Crippen LogP contribution in [0.1, 0.15) is 28.7 Å². The molecule has 0 fully saturated rings. The normalized spacial score (nSPS) is 14.0. The number of nitrogens with zero attached hydrogens (tertiary/aromatic N) is 1. The summed E-state index contributed by atoms with van der Waals surface area (Å²) in [4.78, 5) is 17.5. The van der Waals surface area contributed by atoms with Gasteiger partial charge in [0.05, 0.1) is 24.7 Å². The Morgan fingerprint density at radius 3 is 2.04 bits per heavy atom. The Hall–Kier alpha value is -1.90. The van der Waals surface area contributed by atoms with E-state index in [0.29, 0.717) is 5.56 Å². The van der Waals surface area contributed by atoms with Crippen molar-refractivity contribution in [2.45, 2.75) is 18.2 Å². The van der Waals surface area contributed by atoms with Gasteiger partial charge in [-0.05, 0) is 35.4 Å². The summed E-state index contributed by atoms with van der Waals surface area (Å²) in [5, 5.41) is 11.7. The van der Waals surface area contributed by atoms with E-state index >= 15 is 0 Å². The van der Waals surface area contributed by atoms with Crippen LogP contribution in [0.25, 0.3) is 0 Å². The fraction of sp³-hybridized carbons (Fsp3) is 0.278.